The molecule has 1 aromatic carbocycles. The maximum Gasteiger partial charge on any atom is 0.139 e. The summed E-state index contributed by atoms with van der Waals surface area (Å²) in [4.78, 5) is 10.6. The molecule has 0 bridgehead atoms. The van der Waals surface area contributed by atoms with Gasteiger partial charge >= 0.3 is 0 Å². The molecule has 0 unspecified atom stereocenters. The molecule has 0 aliphatic rings. The highest BCUT2D eigenvalue weighted by molar-refractivity contribution is 7.98. The molecule has 1 aromatic heterocycles. The maximum atomic E-state index is 4.66. The third-order valence-corrected chi connectivity index (χ3v) is 4.31. The summed E-state index contributed by atoms with van der Waals surface area (Å²) >= 11 is 1.78. The van der Waals surface area contributed by atoms with Crippen LogP contribution in [-0.4, -0.2) is 16.5 Å². The number of aryl methyl sites for hydroxylation is 2. The third kappa shape index (κ3) is 4.83. The van der Waals surface area contributed by atoms with E-state index < -0.39 is 0 Å². The average Bonchev–Trinajstić information content (AvgIpc) is 2.49. The molecule has 0 aliphatic carbocycles. The van der Waals surface area contributed by atoms with E-state index in [0.29, 0.717) is 0 Å². The number of hydrogen-bond donors (Lipinski definition) is 1. The van der Waals surface area contributed by atoms with Gasteiger partial charge in [0.05, 0.1) is 5.75 Å². The van der Waals surface area contributed by atoms with E-state index in [1.165, 1.54) is 10.5 Å². The molecule has 2 rings (SSSR count). The van der Waals surface area contributed by atoms with Crippen LogP contribution < -0.4 is 5.32 Å². The van der Waals surface area contributed by atoms with Gasteiger partial charge < -0.3 is 5.32 Å². The molecule has 2 aromatic rings. The summed E-state index contributed by atoms with van der Waals surface area (Å²) in [6.45, 7) is 8.22. The summed E-state index contributed by atoms with van der Waals surface area (Å²) < 4.78 is 0. The van der Waals surface area contributed by atoms with Gasteiger partial charge in [0.25, 0.3) is 0 Å². The Kier molecular flexibility index (Phi) is 6.21. The van der Waals surface area contributed by atoms with Gasteiger partial charge in [-0.2, -0.15) is 0 Å². The van der Waals surface area contributed by atoms with Crippen molar-refractivity contribution in [3.8, 4) is 0 Å². The van der Waals surface area contributed by atoms with Crippen molar-refractivity contribution in [1.29, 1.82) is 0 Å². The Morgan fingerprint density at radius 2 is 1.71 bits per heavy atom. The molecule has 0 radical (unpaired) electrons. The van der Waals surface area contributed by atoms with Crippen LogP contribution in [0.2, 0.25) is 0 Å². The lowest BCUT2D eigenvalue weighted by atomic mass is 10.1. The molecular weight excluding hydrogens is 278 g/mol. The van der Waals surface area contributed by atoms with E-state index in [1.54, 1.807) is 11.8 Å². The molecular formula is C17H23N3S. The van der Waals surface area contributed by atoms with Gasteiger partial charge in [-0.05, 0) is 38.9 Å². The smallest absolute Gasteiger partial charge is 0.139 e. The van der Waals surface area contributed by atoms with Gasteiger partial charge in [-0.1, -0.05) is 25.1 Å². The number of hydrogen-bond acceptors (Lipinski definition) is 4. The summed E-state index contributed by atoms with van der Waals surface area (Å²) in [5.41, 5.74) is 3.42. The highest BCUT2D eigenvalue weighted by Gasteiger charge is 2.08. The first-order valence-corrected chi connectivity index (χ1v) is 8.40. The Balaban J connectivity index is 2.01. The maximum absolute atomic E-state index is 4.66. The first-order chi connectivity index (χ1) is 10.2. The van der Waals surface area contributed by atoms with Gasteiger partial charge in [-0.25, -0.2) is 9.97 Å². The van der Waals surface area contributed by atoms with E-state index in [-0.39, 0.29) is 0 Å². The number of nitrogens with one attached hydrogen (secondary N) is 1. The van der Waals surface area contributed by atoms with Crippen molar-refractivity contribution in [3.05, 3.63) is 53.1 Å². The fourth-order valence-corrected chi connectivity index (χ4v) is 2.96. The van der Waals surface area contributed by atoms with E-state index in [9.17, 15) is 0 Å². The van der Waals surface area contributed by atoms with Gasteiger partial charge in [0.1, 0.15) is 5.82 Å². The van der Waals surface area contributed by atoms with E-state index in [2.05, 4.69) is 60.3 Å². The van der Waals surface area contributed by atoms with Crippen molar-refractivity contribution in [2.24, 2.45) is 0 Å². The second kappa shape index (κ2) is 8.15. The largest absolute Gasteiger partial charge is 0.313 e. The van der Waals surface area contributed by atoms with Crippen molar-refractivity contribution in [1.82, 2.24) is 15.3 Å². The highest BCUT2D eigenvalue weighted by Crippen LogP contribution is 2.21. The molecule has 0 fully saturated rings. The van der Waals surface area contributed by atoms with Crippen LogP contribution in [0.15, 0.2) is 35.2 Å². The lowest BCUT2D eigenvalue weighted by Gasteiger charge is -2.11. The Morgan fingerprint density at radius 3 is 2.33 bits per heavy atom. The number of thioether (sulfide) groups is 1. The third-order valence-electron chi connectivity index (χ3n) is 3.31. The minimum absolute atomic E-state index is 0.814. The van der Waals surface area contributed by atoms with Crippen LogP contribution in [0.5, 0.6) is 0 Å². The number of aromatic nitrogens is 2. The quantitative estimate of drug-likeness (QED) is 0.622. The van der Waals surface area contributed by atoms with Crippen LogP contribution in [0.3, 0.4) is 0 Å². The molecule has 0 amide bonds. The molecule has 0 spiro atoms. The predicted octanol–water partition coefficient (Wildman–Crippen LogP) is 3.89. The number of nitrogens with zero attached hydrogens (tertiary/aromatic N) is 2. The molecule has 112 valence electrons. The summed E-state index contributed by atoms with van der Waals surface area (Å²) in [6.07, 6.45) is 1.14. The van der Waals surface area contributed by atoms with Crippen LogP contribution in [0, 0.1) is 13.8 Å². The molecule has 21 heavy (non-hydrogen) atoms. The zero-order valence-corrected chi connectivity index (χ0v) is 13.8. The second-order valence-electron chi connectivity index (χ2n) is 5.07. The van der Waals surface area contributed by atoms with Crippen LogP contribution in [0.1, 0.15) is 36.1 Å². The molecule has 4 heteroatoms. The van der Waals surface area contributed by atoms with Gasteiger partial charge in [0, 0.05) is 28.4 Å². The van der Waals surface area contributed by atoms with Crippen LogP contribution in [0.4, 0.5) is 0 Å². The fraction of sp³-hybridized carbons (Fsp3) is 0.412. The van der Waals surface area contributed by atoms with E-state index in [1.807, 2.05) is 6.07 Å². The molecule has 1 N–H and O–H groups in total. The van der Waals surface area contributed by atoms with Gasteiger partial charge in [0.2, 0.25) is 0 Å². The Labute approximate surface area is 131 Å². The summed E-state index contributed by atoms with van der Waals surface area (Å²) in [5.74, 6) is 1.73. The SMILES string of the molecule is CCCNCc1c(C)nc(CSc2ccccc2)nc1C. The van der Waals surface area contributed by atoms with Crippen molar-refractivity contribution in [3.63, 3.8) is 0 Å². The van der Waals surface area contributed by atoms with Gasteiger partial charge in [-0.15, -0.1) is 11.8 Å². The average molecular weight is 301 g/mol. The van der Waals surface area contributed by atoms with Crippen molar-refractivity contribution >= 4 is 11.8 Å². The molecule has 0 saturated heterocycles. The number of benzene rings is 1. The van der Waals surface area contributed by atoms with E-state index in [4.69, 9.17) is 0 Å². The molecule has 0 atom stereocenters. The predicted molar refractivity (Wildman–Crippen MR) is 89.5 cm³/mol. The second-order valence-corrected chi connectivity index (χ2v) is 6.12. The molecule has 1 heterocycles. The minimum atomic E-state index is 0.814. The Morgan fingerprint density at radius 1 is 1.05 bits per heavy atom. The normalized spacial score (nSPS) is 10.8. The topological polar surface area (TPSA) is 37.8 Å². The summed E-state index contributed by atoms with van der Waals surface area (Å²) in [6, 6.07) is 10.4. The molecule has 0 saturated carbocycles. The lowest BCUT2D eigenvalue weighted by Crippen LogP contribution is -2.17. The Hall–Kier alpha value is -1.39. The monoisotopic (exact) mass is 301 g/mol. The first kappa shape index (κ1) is 16.0. The lowest BCUT2D eigenvalue weighted by molar-refractivity contribution is 0.663. The van der Waals surface area contributed by atoms with Gasteiger partial charge in [-0.3, -0.25) is 0 Å². The van der Waals surface area contributed by atoms with Crippen LogP contribution in [-0.2, 0) is 12.3 Å². The van der Waals surface area contributed by atoms with Crippen molar-refractivity contribution in [2.45, 2.75) is 44.4 Å². The summed E-state index contributed by atoms with van der Waals surface area (Å²) in [5, 5.41) is 3.43. The zero-order chi connectivity index (χ0) is 15.1. The highest BCUT2D eigenvalue weighted by atomic mass is 32.2. The van der Waals surface area contributed by atoms with Gasteiger partial charge in [0.15, 0.2) is 0 Å². The van der Waals surface area contributed by atoms with Crippen LogP contribution >= 0.6 is 11.8 Å². The Bertz CT molecular complexity index is 546. The van der Waals surface area contributed by atoms with Crippen molar-refractivity contribution in [2.75, 3.05) is 6.54 Å². The van der Waals surface area contributed by atoms with E-state index in [0.717, 1.165) is 42.5 Å². The molecule has 3 nitrogen and oxygen atoms in total. The van der Waals surface area contributed by atoms with E-state index >= 15 is 0 Å². The zero-order valence-electron chi connectivity index (χ0n) is 13.0. The van der Waals surface area contributed by atoms with Crippen molar-refractivity contribution < 1.29 is 0 Å². The first-order valence-electron chi connectivity index (χ1n) is 7.42. The minimum Gasteiger partial charge on any atom is -0.313 e. The fourth-order valence-electron chi connectivity index (χ4n) is 2.18. The number of rotatable bonds is 7. The summed E-state index contributed by atoms with van der Waals surface area (Å²) in [7, 11) is 0. The standard InChI is InChI=1S/C17H23N3S/c1-4-10-18-11-16-13(2)19-17(20-14(16)3)12-21-15-8-6-5-7-9-15/h5-9,18H,4,10-12H2,1-3H3. The molecule has 0 aliphatic heterocycles. The van der Waals surface area contributed by atoms with Crippen LogP contribution in [0.25, 0.3) is 0 Å².